The van der Waals surface area contributed by atoms with E-state index >= 15 is 0 Å². The molecule has 0 saturated heterocycles. The molecule has 5 nitrogen and oxygen atoms in total. The Hall–Kier alpha value is -2.04. The van der Waals surface area contributed by atoms with Crippen molar-refractivity contribution in [1.82, 2.24) is 0 Å². The van der Waals surface area contributed by atoms with E-state index in [0.717, 1.165) is 12.8 Å². The molecule has 1 aromatic rings. The van der Waals surface area contributed by atoms with Gasteiger partial charge in [0.25, 0.3) is 0 Å². The fourth-order valence-electron chi connectivity index (χ4n) is 1.95. The van der Waals surface area contributed by atoms with Crippen molar-refractivity contribution in [3.05, 3.63) is 24.3 Å². The van der Waals surface area contributed by atoms with E-state index in [0.29, 0.717) is 24.1 Å². The maximum absolute atomic E-state index is 11.5. The molecule has 0 aliphatic rings. The quantitative estimate of drug-likeness (QED) is 0.413. The van der Waals surface area contributed by atoms with E-state index in [1.807, 2.05) is 6.92 Å². The Balaban J connectivity index is 2.87. The molecule has 0 spiro atoms. The fourth-order valence-corrected chi connectivity index (χ4v) is 1.95. The van der Waals surface area contributed by atoms with Crippen LogP contribution in [0.25, 0.3) is 0 Å². The Morgan fingerprint density at radius 2 is 2.00 bits per heavy atom. The topological polar surface area (TPSA) is 75.6 Å². The van der Waals surface area contributed by atoms with E-state index < -0.39 is 11.5 Å². The number of benzene rings is 1. The molecule has 1 rings (SSSR count). The molecule has 0 bridgehead atoms. The highest BCUT2D eigenvalue weighted by molar-refractivity contribution is 6.00. The highest BCUT2D eigenvalue weighted by Gasteiger charge is 2.37. The van der Waals surface area contributed by atoms with Gasteiger partial charge in [0, 0.05) is 5.69 Å². The molecular weight excluding hydrogens is 258 g/mol. The Labute approximate surface area is 118 Å². The largest absolute Gasteiger partial charge is 0.497 e. The number of aldehydes is 1. The summed E-state index contributed by atoms with van der Waals surface area (Å²) in [5.74, 6) is -0.479. The number of ether oxygens (including phenoxy) is 1. The third kappa shape index (κ3) is 3.98. The van der Waals surface area contributed by atoms with Crippen molar-refractivity contribution < 1.29 is 19.4 Å². The van der Waals surface area contributed by atoms with Crippen LogP contribution in [0.15, 0.2) is 24.3 Å². The second-order valence-corrected chi connectivity index (χ2v) is 4.70. The molecule has 0 fully saturated rings. The van der Waals surface area contributed by atoms with Crippen LogP contribution in [0.1, 0.15) is 32.6 Å². The van der Waals surface area contributed by atoms with Gasteiger partial charge in [-0.2, -0.15) is 0 Å². The number of unbranched alkanes of at least 4 members (excludes halogenated alkanes) is 2. The first kappa shape index (κ1) is 16.0. The zero-order valence-electron chi connectivity index (χ0n) is 11.9. The van der Waals surface area contributed by atoms with Gasteiger partial charge in [0.05, 0.1) is 7.11 Å². The van der Waals surface area contributed by atoms with Gasteiger partial charge < -0.3 is 20.0 Å². The molecule has 0 radical (unpaired) electrons. The minimum absolute atomic E-state index is 0.270. The normalized spacial score (nSPS) is 13.3. The van der Waals surface area contributed by atoms with Crippen LogP contribution in [0.4, 0.5) is 5.69 Å². The molecular formula is C15H21NO4. The molecule has 0 heterocycles. The maximum atomic E-state index is 11.5. The minimum atomic E-state index is -1.57. The average Bonchev–Trinajstić information content (AvgIpc) is 2.47. The first-order valence-electron chi connectivity index (χ1n) is 6.70. The molecule has 20 heavy (non-hydrogen) atoms. The number of methoxy groups -OCH3 is 1. The van der Waals surface area contributed by atoms with Crippen LogP contribution in [0.2, 0.25) is 0 Å². The lowest BCUT2D eigenvalue weighted by Crippen LogP contribution is -2.48. The fraction of sp³-hybridized carbons (Fsp3) is 0.467. The summed E-state index contributed by atoms with van der Waals surface area (Å²) < 4.78 is 5.04. The van der Waals surface area contributed by atoms with Gasteiger partial charge in [-0.1, -0.05) is 26.2 Å². The summed E-state index contributed by atoms with van der Waals surface area (Å²) in [5.41, 5.74) is -0.985. The number of carboxylic acid groups (broad SMARTS) is 1. The van der Waals surface area contributed by atoms with Crippen molar-refractivity contribution in [1.29, 1.82) is 0 Å². The van der Waals surface area contributed by atoms with Crippen LogP contribution < -0.4 is 10.1 Å². The van der Waals surface area contributed by atoms with Gasteiger partial charge in [-0.05, 0) is 30.7 Å². The van der Waals surface area contributed by atoms with Crippen LogP contribution in [0.3, 0.4) is 0 Å². The standard InChI is InChI=1S/C15H21NO4/c1-3-4-5-10-15(11-17,14(18)19)16-12-6-8-13(20-2)9-7-12/h6-9,11,16H,3-5,10H2,1-2H3,(H,18,19). The molecule has 0 aliphatic heterocycles. The predicted octanol–water partition coefficient (Wildman–Crippen LogP) is 2.71. The zero-order chi connectivity index (χ0) is 15.0. The second kappa shape index (κ2) is 7.53. The summed E-state index contributed by atoms with van der Waals surface area (Å²) in [6.45, 7) is 2.03. The average molecular weight is 279 g/mol. The molecule has 0 aliphatic carbocycles. The molecule has 5 heteroatoms. The number of rotatable bonds is 9. The number of nitrogens with one attached hydrogen (secondary N) is 1. The number of aliphatic carboxylic acids is 1. The summed E-state index contributed by atoms with van der Waals surface area (Å²) in [7, 11) is 1.56. The van der Waals surface area contributed by atoms with Crippen LogP contribution in [0, 0.1) is 0 Å². The Morgan fingerprint density at radius 1 is 1.35 bits per heavy atom. The summed E-state index contributed by atoms with van der Waals surface area (Å²) in [4.78, 5) is 22.8. The minimum Gasteiger partial charge on any atom is -0.497 e. The van der Waals surface area contributed by atoms with Gasteiger partial charge in [0.2, 0.25) is 0 Å². The third-order valence-corrected chi connectivity index (χ3v) is 3.21. The number of hydrogen-bond acceptors (Lipinski definition) is 4. The zero-order valence-corrected chi connectivity index (χ0v) is 11.9. The number of anilines is 1. The second-order valence-electron chi connectivity index (χ2n) is 4.70. The Bertz CT molecular complexity index is 444. The van der Waals surface area contributed by atoms with Crippen LogP contribution in [-0.2, 0) is 9.59 Å². The van der Waals surface area contributed by atoms with Gasteiger partial charge in [0.15, 0.2) is 11.8 Å². The van der Waals surface area contributed by atoms with Crippen LogP contribution in [-0.4, -0.2) is 30.0 Å². The summed E-state index contributed by atoms with van der Waals surface area (Å²) in [5, 5.41) is 12.2. The van der Waals surface area contributed by atoms with E-state index in [2.05, 4.69) is 5.32 Å². The van der Waals surface area contributed by atoms with Crippen molar-refractivity contribution in [3.8, 4) is 5.75 Å². The van der Waals surface area contributed by atoms with E-state index in [-0.39, 0.29) is 6.42 Å². The highest BCUT2D eigenvalue weighted by atomic mass is 16.5. The van der Waals surface area contributed by atoms with Crippen molar-refractivity contribution in [2.75, 3.05) is 12.4 Å². The van der Waals surface area contributed by atoms with Crippen molar-refractivity contribution in [2.45, 2.75) is 38.1 Å². The number of carbonyl (C=O) groups is 2. The van der Waals surface area contributed by atoms with Gasteiger partial charge in [0.1, 0.15) is 5.75 Å². The van der Waals surface area contributed by atoms with Gasteiger partial charge >= 0.3 is 5.97 Å². The van der Waals surface area contributed by atoms with Crippen LogP contribution in [0.5, 0.6) is 5.75 Å². The number of hydrogen-bond donors (Lipinski definition) is 2. The lowest BCUT2D eigenvalue weighted by molar-refractivity contribution is -0.144. The highest BCUT2D eigenvalue weighted by Crippen LogP contribution is 2.22. The molecule has 0 saturated carbocycles. The summed E-state index contributed by atoms with van der Waals surface area (Å²) in [6, 6.07) is 6.82. The molecule has 1 atom stereocenters. The third-order valence-electron chi connectivity index (χ3n) is 3.21. The Kier molecular flexibility index (Phi) is 6.03. The van der Waals surface area contributed by atoms with Gasteiger partial charge in [-0.15, -0.1) is 0 Å². The van der Waals surface area contributed by atoms with Crippen molar-refractivity contribution in [2.24, 2.45) is 0 Å². The Morgan fingerprint density at radius 3 is 2.45 bits per heavy atom. The van der Waals surface area contributed by atoms with Gasteiger partial charge in [-0.25, -0.2) is 4.79 Å². The molecule has 2 N–H and O–H groups in total. The first-order valence-corrected chi connectivity index (χ1v) is 6.70. The molecule has 0 aromatic heterocycles. The first-order chi connectivity index (χ1) is 9.57. The molecule has 1 unspecified atom stereocenters. The predicted molar refractivity (Wildman–Crippen MR) is 77.2 cm³/mol. The summed E-state index contributed by atoms with van der Waals surface area (Å²) in [6.07, 6.45) is 3.30. The van der Waals surface area contributed by atoms with Gasteiger partial charge in [-0.3, -0.25) is 0 Å². The van der Waals surface area contributed by atoms with E-state index in [9.17, 15) is 14.7 Å². The van der Waals surface area contributed by atoms with E-state index in [4.69, 9.17) is 4.74 Å². The lowest BCUT2D eigenvalue weighted by atomic mass is 9.93. The maximum Gasteiger partial charge on any atom is 0.336 e. The van der Waals surface area contributed by atoms with Crippen LogP contribution >= 0.6 is 0 Å². The van der Waals surface area contributed by atoms with Crippen molar-refractivity contribution in [3.63, 3.8) is 0 Å². The lowest BCUT2D eigenvalue weighted by Gasteiger charge is -2.26. The summed E-state index contributed by atoms with van der Waals surface area (Å²) >= 11 is 0. The van der Waals surface area contributed by atoms with Crippen molar-refractivity contribution >= 4 is 17.9 Å². The van der Waals surface area contributed by atoms with E-state index in [1.54, 1.807) is 31.4 Å². The SMILES string of the molecule is CCCCCC(C=O)(Nc1ccc(OC)cc1)C(=O)O. The molecule has 110 valence electrons. The monoisotopic (exact) mass is 279 g/mol. The number of carbonyl (C=O) groups excluding carboxylic acids is 1. The smallest absolute Gasteiger partial charge is 0.336 e. The molecule has 1 aromatic carbocycles. The van der Waals surface area contributed by atoms with E-state index in [1.165, 1.54) is 0 Å². The molecule has 0 amide bonds. The number of carboxylic acids is 1.